The first-order valence-corrected chi connectivity index (χ1v) is 10.3. The number of hydrogen-bond acceptors (Lipinski definition) is 4. The summed E-state index contributed by atoms with van der Waals surface area (Å²) in [5, 5.41) is 7.95. The molecule has 1 unspecified atom stereocenters. The van der Waals surface area contributed by atoms with Gasteiger partial charge in [-0.2, -0.15) is 5.10 Å². The Morgan fingerprint density at radius 1 is 1.32 bits per heavy atom. The molecule has 1 amide bonds. The highest BCUT2D eigenvalue weighted by atomic mass is 35.5. The van der Waals surface area contributed by atoms with Crippen molar-refractivity contribution in [3.8, 4) is 0 Å². The lowest BCUT2D eigenvalue weighted by atomic mass is 10.1. The maximum Gasteiger partial charge on any atom is 0.255 e. The van der Waals surface area contributed by atoms with Crippen LogP contribution in [-0.2, 0) is 16.4 Å². The minimum Gasteiger partial charge on any atom is -0.348 e. The van der Waals surface area contributed by atoms with Crippen molar-refractivity contribution in [2.24, 2.45) is 0 Å². The average molecular weight is 382 g/mol. The molecule has 1 N–H and O–H groups in total. The summed E-state index contributed by atoms with van der Waals surface area (Å²) < 4.78 is 25.1. The normalized spacial score (nSPS) is 19.1. The number of halogens is 1. The Bertz CT molecular complexity index is 904. The molecule has 1 aliphatic heterocycles. The molecule has 0 spiro atoms. The first-order chi connectivity index (χ1) is 11.8. The predicted molar refractivity (Wildman–Crippen MR) is 96.6 cm³/mol. The molecule has 134 valence electrons. The minimum absolute atomic E-state index is 0.0841. The fourth-order valence-corrected chi connectivity index (χ4v) is 5.01. The summed E-state index contributed by atoms with van der Waals surface area (Å²) >= 11 is 5.86. The number of rotatable bonds is 4. The molecule has 1 aromatic carbocycles. The van der Waals surface area contributed by atoms with Gasteiger partial charge in [-0.05, 0) is 38.0 Å². The van der Waals surface area contributed by atoms with E-state index in [-0.39, 0.29) is 23.5 Å². The number of aryl methyl sites for hydroxylation is 1. The summed E-state index contributed by atoms with van der Waals surface area (Å²) in [6, 6.07) is 7.07. The molecule has 0 saturated carbocycles. The Kier molecular flexibility index (Phi) is 4.88. The van der Waals surface area contributed by atoms with E-state index in [1.165, 1.54) is 0 Å². The molecule has 3 rings (SSSR count). The van der Waals surface area contributed by atoms with Crippen LogP contribution >= 0.6 is 11.6 Å². The number of sulfone groups is 1. The zero-order valence-electron chi connectivity index (χ0n) is 14.1. The number of carbonyl (C=O) groups excluding carboxylic acids is 1. The highest BCUT2D eigenvalue weighted by Gasteiger charge is 2.32. The molecule has 6 nitrogen and oxygen atoms in total. The fourth-order valence-electron chi connectivity index (χ4n) is 3.19. The molecular formula is C17H20ClN3O3S. The fraction of sp³-hybridized carbons (Fsp3) is 0.412. The number of hydrogen-bond donors (Lipinski definition) is 1. The number of nitrogens with one attached hydrogen (secondary N) is 1. The van der Waals surface area contributed by atoms with E-state index in [1.54, 1.807) is 23.7 Å². The van der Waals surface area contributed by atoms with Crippen molar-refractivity contribution in [3.05, 3.63) is 51.8 Å². The Labute approximate surface area is 152 Å². The molecule has 0 radical (unpaired) electrons. The zero-order valence-corrected chi connectivity index (χ0v) is 15.7. The van der Waals surface area contributed by atoms with Crippen molar-refractivity contribution in [3.63, 3.8) is 0 Å². The summed E-state index contributed by atoms with van der Waals surface area (Å²) in [5.41, 5.74) is 2.77. The molecule has 2 heterocycles. The number of nitrogens with zero attached hydrogens (tertiary/aromatic N) is 2. The van der Waals surface area contributed by atoms with Gasteiger partial charge in [-0.15, -0.1) is 0 Å². The van der Waals surface area contributed by atoms with Gasteiger partial charge in [0.25, 0.3) is 5.91 Å². The summed E-state index contributed by atoms with van der Waals surface area (Å²) in [6.07, 6.45) is 0.538. The largest absolute Gasteiger partial charge is 0.348 e. The highest BCUT2D eigenvalue weighted by molar-refractivity contribution is 7.91. The van der Waals surface area contributed by atoms with E-state index >= 15 is 0 Å². The van der Waals surface area contributed by atoms with Crippen molar-refractivity contribution in [2.75, 3.05) is 11.5 Å². The van der Waals surface area contributed by atoms with Crippen LogP contribution < -0.4 is 5.32 Å². The van der Waals surface area contributed by atoms with Gasteiger partial charge in [0, 0.05) is 17.3 Å². The topological polar surface area (TPSA) is 81.1 Å². The van der Waals surface area contributed by atoms with Crippen molar-refractivity contribution in [2.45, 2.75) is 32.9 Å². The van der Waals surface area contributed by atoms with Crippen molar-refractivity contribution in [1.29, 1.82) is 0 Å². The predicted octanol–water partition coefficient (Wildman–Crippen LogP) is 2.44. The highest BCUT2D eigenvalue weighted by Crippen LogP contribution is 2.26. The summed E-state index contributed by atoms with van der Waals surface area (Å²) in [7, 11) is -3.01. The van der Waals surface area contributed by atoms with E-state index in [0.717, 1.165) is 5.56 Å². The Balaban J connectivity index is 1.75. The van der Waals surface area contributed by atoms with E-state index in [0.29, 0.717) is 34.9 Å². The second-order valence-corrected chi connectivity index (χ2v) is 9.02. The van der Waals surface area contributed by atoms with Gasteiger partial charge >= 0.3 is 0 Å². The first kappa shape index (κ1) is 17.9. The average Bonchev–Trinajstić information content (AvgIpc) is 3.05. The van der Waals surface area contributed by atoms with Crippen molar-refractivity contribution in [1.82, 2.24) is 15.1 Å². The van der Waals surface area contributed by atoms with E-state index in [1.807, 2.05) is 19.1 Å². The van der Waals surface area contributed by atoms with Crippen molar-refractivity contribution >= 4 is 27.3 Å². The smallest absolute Gasteiger partial charge is 0.255 e. The van der Waals surface area contributed by atoms with Crippen LogP contribution in [0, 0.1) is 13.8 Å². The van der Waals surface area contributed by atoms with E-state index in [9.17, 15) is 13.2 Å². The zero-order chi connectivity index (χ0) is 18.2. The lowest BCUT2D eigenvalue weighted by Crippen LogP contribution is -2.24. The molecule has 0 bridgehead atoms. The summed E-state index contributed by atoms with van der Waals surface area (Å²) in [6.45, 7) is 3.96. The maximum absolute atomic E-state index is 12.6. The lowest BCUT2D eigenvalue weighted by Gasteiger charge is -2.11. The number of benzene rings is 1. The Hall–Kier alpha value is -1.86. The van der Waals surface area contributed by atoms with Crippen LogP contribution in [0.3, 0.4) is 0 Å². The van der Waals surface area contributed by atoms with Crippen LogP contribution in [0.5, 0.6) is 0 Å². The third-order valence-electron chi connectivity index (χ3n) is 4.47. The molecule has 1 fully saturated rings. The van der Waals surface area contributed by atoms with Gasteiger partial charge in [-0.3, -0.25) is 9.48 Å². The maximum atomic E-state index is 12.6. The van der Waals surface area contributed by atoms with Crippen LogP contribution in [-0.4, -0.2) is 35.6 Å². The van der Waals surface area contributed by atoms with E-state index < -0.39 is 9.84 Å². The number of aromatic nitrogens is 2. The van der Waals surface area contributed by atoms with Gasteiger partial charge < -0.3 is 5.32 Å². The SMILES string of the molecule is Cc1nn(C2CCS(=O)(=O)C2)c(C)c1C(=O)NCc1ccc(Cl)cc1. The third kappa shape index (κ3) is 3.88. The molecule has 1 saturated heterocycles. The van der Waals surface area contributed by atoms with Gasteiger partial charge in [0.15, 0.2) is 9.84 Å². The van der Waals surface area contributed by atoms with Crippen molar-refractivity contribution < 1.29 is 13.2 Å². The standard InChI is InChI=1S/C17H20ClN3O3S/c1-11-16(17(22)19-9-13-3-5-14(18)6-4-13)12(2)21(20-11)15-7-8-25(23,24)10-15/h3-6,15H,7-10H2,1-2H3,(H,19,22). The Morgan fingerprint density at radius 3 is 2.60 bits per heavy atom. The van der Waals surface area contributed by atoms with Gasteiger partial charge in [-0.25, -0.2) is 8.42 Å². The van der Waals surface area contributed by atoms with Gasteiger partial charge in [0.1, 0.15) is 0 Å². The molecule has 2 aromatic rings. The Morgan fingerprint density at radius 2 is 2.00 bits per heavy atom. The monoisotopic (exact) mass is 381 g/mol. The molecule has 8 heteroatoms. The summed E-state index contributed by atoms with van der Waals surface area (Å²) in [4.78, 5) is 12.6. The van der Waals surface area contributed by atoms with Gasteiger partial charge in [0.2, 0.25) is 0 Å². The van der Waals surface area contributed by atoms with E-state index in [2.05, 4.69) is 10.4 Å². The van der Waals surface area contributed by atoms with Crippen LogP contribution in [0.15, 0.2) is 24.3 Å². The third-order valence-corrected chi connectivity index (χ3v) is 6.47. The van der Waals surface area contributed by atoms with Crippen LogP contribution in [0.2, 0.25) is 5.02 Å². The second-order valence-electron chi connectivity index (χ2n) is 6.36. The lowest BCUT2D eigenvalue weighted by molar-refractivity contribution is 0.0949. The molecule has 25 heavy (non-hydrogen) atoms. The molecule has 1 aliphatic rings. The number of amides is 1. The quantitative estimate of drug-likeness (QED) is 0.881. The second kappa shape index (κ2) is 6.80. The van der Waals surface area contributed by atoms with Crippen LogP contribution in [0.25, 0.3) is 0 Å². The summed E-state index contributed by atoms with van der Waals surface area (Å²) in [5.74, 6) is 0.0478. The van der Waals surface area contributed by atoms with Gasteiger partial charge in [-0.1, -0.05) is 23.7 Å². The van der Waals surface area contributed by atoms with Crippen LogP contribution in [0.4, 0.5) is 0 Å². The minimum atomic E-state index is -3.01. The molecule has 0 aliphatic carbocycles. The van der Waals surface area contributed by atoms with E-state index in [4.69, 9.17) is 11.6 Å². The molecule has 1 atom stereocenters. The molecular weight excluding hydrogens is 362 g/mol. The van der Waals surface area contributed by atoms with Gasteiger partial charge in [0.05, 0.1) is 28.8 Å². The molecule has 1 aromatic heterocycles. The first-order valence-electron chi connectivity index (χ1n) is 8.05. The number of carbonyl (C=O) groups is 1. The van der Waals surface area contributed by atoms with Crippen LogP contribution in [0.1, 0.15) is 39.8 Å².